The number of benzene rings is 1. The minimum Gasteiger partial charge on any atom is -0.343 e. The molecule has 0 aliphatic carbocycles. The van der Waals surface area contributed by atoms with Gasteiger partial charge in [-0.25, -0.2) is 12.7 Å². The Bertz CT molecular complexity index is 684. The lowest BCUT2D eigenvalue weighted by Crippen LogP contribution is -2.42. The third-order valence-electron chi connectivity index (χ3n) is 5.18. The van der Waals surface area contributed by atoms with Gasteiger partial charge >= 0.3 is 0 Å². The van der Waals surface area contributed by atoms with Gasteiger partial charge in [-0.2, -0.15) is 0 Å². The largest absolute Gasteiger partial charge is 0.343 e. The lowest BCUT2D eigenvalue weighted by molar-refractivity contribution is -0.132. The summed E-state index contributed by atoms with van der Waals surface area (Å²) in [5.74, 6) is 0.677. The Kier molecular flexibility index (Phi) is 8.26. The number of likely N-dealkylation sites (tertiary alicyclic amines) is 1. The van der Waals surface area contributed by atoms with Crippen LogP contribution in [0.5, 0.6) is 0 Å². The first-order valence-electron chi connectivity index (χ1n) is 9.67. The van der Waals surface area contributed by atoms with Gasteiger partial charge in [0.1, 0.15) is 0 Å². The molecule has 0 spiro atoms. The molecule has 1 aromatic carbocycles. The summed E-state index contributed by atoms with van der Waals surface area (Å²) in [6.07, 6.45) is 4.55. The lowest BCUT2D eigenvalue weighted by Gasteiger charge is -2.32. The van der Waals surface area contributed by atoms with Crippen LogP contribution in [0.4, 0.5) is 0 Å². The smallest absolute Gasteiger partial charge is 0.223 e. The van der Waals surface area contributed by atoms with E-state index in [0.717, 1.165) is 32.4 Å². The molecule has 0 atom stereocenters. The van der Waals surface area contributed by atoms with E-state index in [0.29, 0.717) is 19.0 Å². The summed E-state index contributed by atoms with van der Waals surface area (Å²) in [4.78, 5) is 16.4. The minimum absolute atomic E-state index is 0.0617. The van der Waals surface area contributed by atoms with E-state index in [1.54, 1.807) is 0 Å². The molecule has 2 rings (SSSR count). The van der Waals surface area contributed by atoms with Gasteiger partial charge in [0.25, 0.3) is 0 Å². The molecule has 1 amide bonds. The molecule has 1 heterocycles. The number of hydrogen-bond donors (Lipinski definition) is 0. The number of nitrogens with zero attached hydrogens (tertiary/aromatic N) is 3. The molecular formula is C20H33N3O3S. The van der Waals surface area contributed by atoms with Crippen LogP contribution in [-0.2, 0) is 21.2 Å². The summed E-state index contributed by atoms with van der Waals surface area (Å²) in [6.45, 7) is 2.86. The average molecular weight is 396 g/mol. The fourth-order valence-electron chi connectivity index (χ4n) is 3.47. The SMILES string of the molecule is CN(C)CCN(CCC(=O)N1CCC(Cc2ccccc2)CC1)S(C)(=O)=O. The van der Waals surface area contributed by atoms with E-state index in [-0.39, 0.29) is 18.9 Å². The van der Waals surface area contributed by atoms with Crippen LogP contribution in [0.15, 0.2) is 30.3 Å². The van der Waals surface area contributed by atoms with Crippen molar-refractivity contribution in [1.29, 1.82) is 0 Å². The standard InChI is InChI=1S/C20H33N3O3S/c1-21(2)15-16-23(27(3,25)26)14-11-20(24)22-12-9-19(10-13-22)17-18-7-5-4-6-8-18/h4-8,19H,9-17H2,1-3H3. The molecule has 0 aromatic heterocycles. The third kappa shape index (κ3) is 7.60. The molecule has 1 fully saturated rings. The van der Waals surface area contributed by atoms with Crippen LogP contribution in [0.2, 0.25) is 0 Å². The molecule has 1 aromatic rings. The molecule has 1 saturated heterocycles. The molecule has 1 aliphatic rings. The number of amides is 1. The van der Waals surface area contributed by atoms with Crippen molar-refractivity contribution in [3.63, 3.8) is 0 Å². The van der Waals surface area contributed by atoms with Crippen LogP contribution in [0.25, 0.3) is 0 Å². The van der Waals surface area contributed by atoms with Crippen LogP contribution in [0.1, 0.15) is 24.8 Å². The maximum Gasteiger partial charge on any atom is 0.223 e. The summed E-state index contributed by atoms with van der Waals surface area (Å²) in [6, 6.07) is 10.5. The van der Waals surface area contributed by atoms with E-state index >= 15 is 0 Å². The van der Waals surface area contributed by atoms with E-state index in [4.69, 9.17) is 0 Å². The van der Waals surface area contributed by atoms with Crippen molar-refractivity contribution in [2.75, 3.05) is 53.1 Å². The third-order valence-corrected chi connectivity index (χ3v) is 6.48. The first-order chi connectivity index (χ1) is 12.8. The van der Waals surface area contributed by atoms with Gasteiger partial charge in [-0.05, 0) is 44.8 Å². The maximum atomic E-state index is 12.5. The van der Waals surface area contributed by atoms with Gasteiger partial charge < -0.3 is 9.80 Å². The Morgan fingerprint density at radius 1 is 1.07 bits per heavy atom. The zero-order chi connectivity index (χ0) is 19.9. The van der Waals surface area contributed by atoms with Gasteiger partial charge in [0, 0.05) is 39.1 Å². The second kappa shape index (κ2) is 10.2. The van der Waals surface area contributed by atoms with Crippen molar-refractivity contribution in [2.24, 2.45) is 5.92 Å². The highest BCUT2D eigenvalue weighted by Gasteiger charge is 2.24. The maximum absolute atomic E-state index is 12.5. The molecule has 1 aliphatic heterocycles. The molecule has 0 N–H and O–H groups in total. The van der Waals surface area contributed by atoms with E-state index < -0.39 is 10.0 Å². The minimum atomic E-state index is -3.29. The van der Waals surface area contributed by atoms with Crippen molar-refractivity contribution in [1.82, 2.24) is 14.1 Å². The average Bonchev–Trinajstić information content (AvgIpc) is 2.61. The summed E-state index contributed by atoms with van der Waals surface area (Å²) in [7, 11) is 0.521. The second-order valence-electron chi connectivity index (χ2n) is 7.73. The number of sulfonamides is 1. The molecule has 6 nitrogen and oxygen atoms in total. The van der Waals surface area contributed by atoms with Gasteiger partial charge in [-0.15, -0.1) is 0 Å². The summed E-state index contributed by atoms with van der Waals surface area (Å²) < 4.78 is 25.3. The molecule has 152 valence electrons. The summed E-state index contributed by atoms with van der Waals surface area (Å²) in [5.41, 5.74) is 1.35. The quantitative estimate of drug-likeness (QED) is 0.638. The van der Waals surface area contributed by atoms with Gasteiger partial charge in [-0.1, -0.05) is 30.3 Å². The molecular weight excluding hydrogens is 362 g/mol. The van der Waals surface area contributed by atoms with Crippen molar-refractivity contribution < 1.29 is 13.2 Å². The van der Waals surface area contributed by atoms with Crippen molar-refractivity contribution >= 4 is 15.9 Å². The number of carbonyl (C=O) groups excluding carboxylic acids is 1. The Morgan fingerprint density at radius 2 is 1.70 bits per heavy atom. The predicted octanol–water partition coefficient (Wildman–Crippen LogP) is 1.68. The highest BCUT2D eigenvalue weighted by atomic mass is 32.2. The topological polar surface area (TPSA) is 60.9 Å². The van der Waals surface area contributed by atoms with Crippen LogP contribution in [0, 0.1) is 5.92 Å². The van der Waals surface area contributed by atoms with Gasteiger partial charge in [-0.3, -0.25) is 4.79 Å². The normalized spacial score (nSPS) is 16.3. The fraction of sp³-hybridized carbons (Fsp3) is 0.650. The molecule has 0 bridgehead atoms. The van der Waals surface area contributed by atoms with Crippen LogP contribution >= 0.6 is 0 Å². The Morgan fingerprint density at radius 3 is 2.26 bits per heavy atom. The monoisotopic (exact) mass is 395 g/mol. The van der Waals surface area contributed by atoms with Crippen molar-refractivity contribution in [3.05, 3.63) is 35.9 Å². The Hall–Kier alpha value is -1.44. The predicted molar refractivity (Wildman–Crippen MR) is 109 cm³/mol. The first-order valence-corrected chi connectivity index (χ1v) is 11.5. The van der Waals surface area contributed by atoms with Gasteiger partial charge in [0.05, 0.1) is 6.26 Å². The molecule has 7 heteroatoms. The van der Waals surface area contributed by atoms with Gasteiger partial charge in [0.2, 0.25) is 15.9 Å². The Labute approximate surface area is 164 Å². The second-order valence-corrected chi connectivity index (χ2v) is 9.71. The van der Waals surface area contributed by atoms with Crippen LogP contribution in [0.3, 0.4) is 0 Å². The lowest BCUT2D eigenvalue weighted by atomic mass is 9.90. The van der Waals surface area contributed by atoms with Crippen LogP contribution in [-0.4, -0.2) is 81.5 Å². The van der Waals surface area contributed by atoms with E-state index in [1.165, 1.54) is 16.1 Å². The zero-order valence-corrected chi connectivity index (χ0v) is 17.6. The van der Waals surface area contributed by atoms with E-state index in [1.807, 2.05) is 30.0 Å². The highest BCUT2D eigenvalue weighted by molar-refractivity contribution is 7.88. The number of hydrogen-bond acceptors (Lipinski definition) is 4. The van der Waals surface area contributed by atoms with E-state index in [9.17, 15) is 13.2 Å². The Balaban J connectivity index is 1.77. The van der Waals surface area contributed by atoms with Crippen LogP contribution < -0.4 is 0 Å². The number of carbonyl (C=O) groups is 1. The zero-order valence-electron chi connectivity index (χ0n) is 16.8. The molecule has 0 radical (unpaired) electrons. The summed E-state index contributed by atoms with van der Waals surface area (Å²) >= 11 is 0. The number of piperidine rings is 1. The highest BCUT2D eigenvalue weighted by Crippen LogP contribution is 2.22. The molecule has 0 unspecified atom stereocenters. The molecule has 27 heavy (non-hydrogen) atoms. The summed E-state index contributed by atoms with van der Waals surface area (Å²) in [5, 5.41) is 0. The first kappa shape index (κ1) is 21.9. The van der Waals surface area contributed by atoms with Crippen molar-refractivity contribution in [2.45, 2.75) is 25.7 Å². The number of likely N-dealkylation sites (N-methyl/N-ethyl adjacent to an activating group) is 1. The van der Waals surface area contributed by atoms with Gasteiger partial charge in [0.15, 0.2) is 0 Å². The molecule has 0 saturated carbocycles. The van der Waals surface area contributed by atoms with Crippen molar-refractivity contribution in [3.8, 4) is 0 Å². The van der Waals surface area contributed by atoms with E-state index in [2.05, 4.69) is 24.3 Å². The fourth-order valence-corrected chi connectivity index (χ4v) is 4.30. The number of rotatable bonds is 9.